The number of fused-ring (bicyclic) bond motifs is 1. The summed E-state index contributed by atoms with van der Waals surface area (Å²) in [7, 11) is 0. The average molecular weight is 715 g/mol. The molecule has 9 atom stereocenters. The number of rotatable bonds is 13. The number of ether oxygens (including phenoxy) is 2. The van der Waals surface area contributed by atoms with Crippen molar-refractivity contribution in [3.63, 3.8) is 0 Å². The molecule has 6 aliphatic rings. The first-order valence-corrected chi connectivity index (χ1v) is 21.2. The summed E-state index contributed by atoms with van der Waals surface area (Å²) in [5.74, 6) is 0.322. The number of aliphatic hydroxyl groups excluding tert-OH is 1. The number of hydrogen-bond donors (Lipinski definition) is 2. The van der Waals surface area contributed by atoms with Gasteiger partial charge in [-0.1, -0.05) is 108 Å². The summed E-state index contributed by atoms with van der Waals surface area (Å²) >= 11 is 0. The van der Waals surface area contributed by atoms with Gasteiger partial charge in [-0.3, -0.25) is 4.79 Å². The van der Waals surface area contributed by atoms with Gasteiger partial charge < -0.3 is 19.7 Å². The van der Waals surface area contributed by atoms with Crippen LogP contribution in [0.15, 0.2) is 54.1 Å². The highest BCUT2D eigenvalue weighted by Crippen LogP contribution is 2.75. The number of aliphatic hydroxyl groups is 2. The van der Waals surface area contributed by atoms with Gasteiger partial charge in [0.15, 0.2) is 0 Å². The fourth-order valence-corrected chi connectivity index (χ4v) is 12.9. The van der Waals surface area contributed by atoms with Crippen molar-refractivity contribution in [2.75, 3.05) is 6.61 Å². The van der Waals surface area contributed by atoms with E-state index in [9.17, 15) is 19.8 Å². The van der Waals surface area contributed by atoms with E-state index in [-0.39, 0.29) is 47.8 Å². The van der Waals surface area contributed by atoms with Gasteiger partial charge in [-0.25, -0.2) is 4.79 Å². The second kappa shape index (κ2) is 15.4. The molecule has 1 heterocycles. The molecule has 7 rings (SSSR count). The van der Waals surface area contributed by atoms with E-state index in [0.29, 0.717) is 37.5 Å². The predicted molar refractivity (Wildman–Crippen MR) is 204 cm³/mol. The van der Waals surface area contributed by atoms with Crippen LogP contribution in [-0.4, -0.2) is 46.6 Å². The number of hydrogen-bond acceptors (Lipinski definition) is 6. The topological polar surface area (TPSA) is 93.1 Å². The quantitative estimate of drug-likeness (QED) is 0.156. The van der Waals surface area contributed by atoms with E-state index in [0.717, 1.165) is 82.6 Å². The number of esters is 2. The highest BCUT2D eigenvalue weighted by atomic mass is 16.5. The van der Waals surface area contributed by atoms with E-state index < -0.39 is 22.5 Å². The number of allylic oxidation sites excluding steroid dienone is 1. The molecule has 1 aromatic rings. The first-order valence-electron chi connectivity index (χ1n) is 21.2. The summed E-state index contributed by atoms with van der Waals surface area (Å²) in [6.45, 7) is 7.23. The highest BCUT2D eigenvalue weighted by molar-refractivity contribution is 5.85. The number of aryl methyl sites for hydroxylation is 1. The molecule has 1 aliphatic heterocycles. The molecule has 0 unspecified atom stereocenters. The largest absolute Gasteiger partial charge is 0.462 e. The van der Waals surface area contributed by atoms with Crippen LogP contribution in [0.2, 0.25) is 0 Å². The maximum Gasteiger partial charge on any atom is 0.331 e. The van der Waals surface area contributed by atoms with Crippen molar-refractivity contribution in [1.29, 1.82) is 0 Å². The van der Waals surface area contributed by atoms with E-state index in [1.54, 1.807) is 6.08 Å². The van der Waals surface area contributed by atoms with Gasteiger partial charge in [0.1, 0.15) is 12.7 Å². The monoisotopic (exact) mass is 714 g/mol. The van der Waals surface area contributed by atoms with Crippen LogP contribution in [0.25, 0.3) is 0 Å². The minimum absolute atomic E-state index is 0.0554. The van der Waals surface area contributed by atoms with Gasteiger partial charge in [-0.15, -0.1) is 0 Å². The van der Waals surface area contributed by atoms with E-state index >= 15 is 0 Å². The fraction of sp³-hybridized carbons (Fsp3) is 0.739. The van der Waals surface area contributed by atoms with E-state index in [2.05, 4.69) is 63.3 Å². The lowest BCUT2D eigenvalue weighted by Gasteiger charge is -2.74. The lowest BCUT2D eigenvalue weighted by molar-refractivity contribution is -0.331. The second-order valence-corrected chi connectivity index (χ2v) is 18.7. The lowest BCUT2D eigenvalue weighted by Crippen LogP contribution is -2.79. The molecule has 2 N–H and O–H groups in total. The van der Waals surface area contributed by atoms with Crippen LogP contribution in [0.4, 0.5) is 0 Å². The van der Waals surface area contributed by atoms with Gasteiger partial charge in [0.25, 0.3) is 0 Å². The van der Waals surface area contributed by atoms with Crippen LogP contribution >= 0.6 is 0 Å². The molecule has 0 aromatic heterocycles. The smallest absolute Gasteiger partial charge is 0.331 e. The molecule has 6 nitrogen and oxygen atoms in total. The van der Waals surface area contributed by atoms with Crippen LogP contribution in [-0.2, 0) is 25.5 Å². The summed E-state index contributed by atoms with van der Waals surface area (Å²) in [6.07, 6.45) is 23.3. The first kappa shape index (κ1) is 37.9. The van der Waals surface area contributed by atoms with Crippen molar-refractivity contribution in [2.45, 2.75) is 161 Å². The molecule has 1 aromatic carbocycles. The summed E-state index contributed by atoms with van der Waals surface area (Å²) in [6, 6.07) is 10.7. The Hall–Kier alpha value is -2.44. The van der Waals surface area contributed by atoms with Crippen LogP contribution in [0.3, 0.4) is 0 Å². The molecular weight excluding hydrogens is 649 g/mol. The van der Waals surface area contributed by atoms with Crippen LogP contribution in [0, 0.1) is 45.8 Å². The third-order valence-electron chi connectivity index (χ3n) is 15.7. The molecule has 4 saturated carbocycles. The average Bonchev–Trinajstić information content (AvgIpc) is 3.84. The molecular formula is C46H66O6. The highest BCUT2D eigenvalue weighted by Gasteiger charge is 2.78. The van der Waals surface area contributed by atoms with Crippen LogP contribution < -0.4 is 0 Å². The maximum absolute atomic E-state index is 14.1. The lowest BCUT2D eigenvalue weighted by atomic mass is 9.32. The van der Waals surface area contributed by atoms with Gasteiger partial charge in [0.2, 0.25) is 0 Å². The summed E-state index contributed by atoms with van der Waals surface area (Å²) < 4.78 is 12.2. The molecule has 2 bridgehead atoms. The Balaban J connectivity index is 1.26. The Labute approximate surface area is 313 Å². The molecule has 6 heteroatoms. The van der Waals surface area contributed by atoms with Crippen LogP contribution in [0.5, 0.6) is 0 Å². The van der Waals surface area contributed by atoms with Crippen molar-refractivity contribution in [3.05, 3.63) is 59.7 Å². The molecule has 5 aliphatic carbocycles. The van der Waals surface area contributed by atoms with Gasteiger partial charge in [0.05, 0.1) is 17.6 Å². The third-order valence-corrected chi connectivity index (χ3v) is 15.7. The van der Waals surface area contributed by atoms with Gasteiger partial charge in [0, 0.05) is 22.8 Å². The van der Waals surface area contributed by atoms with Gasteiger partial charge >= 0.3 is 11.9 Å². The number of carbonyl (C=O) groups is 2. The zero-order valence-electron chi connectivity index (χ0n) is 32.3. The maximum atomic E-state index is 14.1. The van der Waals surface area contributed by atoms with E-state index in [1.807, 2.05) is 0 Å². The molecule has 286 valence electrons. The minimum Gasteiger partial charge on any atom is -0.462 e. The Kier molecular flexibility index (Phi) is 11.2. The van der Waals surface area contributed by atoms with Crippen molar-refractivity contribution >= 4 is 11.9 Å². The van der Waals surface area contributed by atoms with Crippen molar-refractivity contribution in [3.8, 4) is 0 Å². The summed E-state index contributed by atoms with van der Waals surface area (Å²) in [5.41, 5.74) is -0.754. The zero-order chi connectivity index (χ0) is 36.6. The SMILES string of the molecule is C[C@H](CCCc1ccccc1)CC[C@@H]1C=C[C@@]2(C)C[C@@H](OC(=O)C3CCCCC3)[C@@H]3[C@]1([C@@H](O)CC[C@@]3(C)C1CCCC1)[C@@]2(O)CCC1=CC(=O)OC1. The molecule has 1 spiro atoms. The molecule has 0 radical (unpaired) electrons. The minimum atomic E-state index is -1.26. The fourth-order valence-electron chi connectivity index (χ4n) is 12.9. The second-order valence-electron chi connectivity index (χ2n) is 18.7. The predicted octanol–water partition coefficient (Wildman–Crippen LogP) is 9.46. The van der Waals surface area contributed by atoms with Crippen molar-refractivity contribution in [1.82, 2.24) is 0 Å². The van der Waals surface area contributed by atoms with Gasteiger partial charge in [-0.2, -0.15) is 0 Å². The van der Waals surface area contributed by atoms with E-state index in [4.69, 9.17) is 9.47 Å². The standard InChI is InChI=1S/C46H66O6/c1-32(13-12-16-33-14-6-4-7-15-33)21-22-37-24-26-43(2)30-38(52-42(49)35-17-8-5-9-18-35)41-44(3,36-19-10-11-20-36)27-25-39(47)46(37,41)45(43,50)28-23-34-29-40(48)51-31-34/h4,6-7,14-15,24,26,29,32,35-39,41,47,50H,5,8-13,16-23,25,27-28,30-31H2,1-3H3/t32-,37-,38-,39+,41+,43+,44+,45-,46+/m1/s1. The molecule has 4 fully saturated rings. The zero-order valence-corrected chi connectivity index (χ0v) is 32.3. The Morgan fingerprint density at radius 3 is 2.42 bits per heavy atom. The normalized spacial score (nSPS) is 38.4. The number of carbonyl (C=O) groups excluding carboxylic acids is 2. The summed E-state index contributed by atoms with van der Waals surface area (Å²) in [5, 5.41) is 26.7. The number of benzene rings is 1. The van der Waals surface area contributed by atoms with Crippen LogP contribution in [0.1, 0.15) is 142 Å². The first-order chi connectivity index (χ1) is 25.0. The molecule has 0 amide bonds. The summed E-state index contributed by atoms with van der Waals surface area (Å²) in [4.78, 5) is 26.3. The molecule has 52 heavy (non-hydrogen) atoms. The Bertz CT molecular complexity index is 1470. The van der Waals surface area contributed by atoms with Gasteiger partial charge in [-0.05, 0) is 111 Å². The van der Waals surface area contributed by atoms with Crippen molar-refractivity contribution < 1.29 is 29.3 Å². The van der Waals surface area contributed by atoms with E-state index in [1.165, 1.54) is 24.8 Å². The third kappa shape index (κ3) is 6.75. The number of cyclic esters (lactones) is 1. The molecule has 0 saturated heterocycles. The van der Waals surface area contributed by atoms with Crippen molar-refractivity contribution in [2.24, 2.45) is 45.8 Å². The Morgan fingerprint density at radius 2 is 1.71 bits per heavy atom. The Morgan fingerprint density at radius 1 is 0.981 bits per heavy atom.